The van der Waals surface area contributed by atoms with Gasteiger partial charge in [0.1, 0.15) is 4.60 Å². The lowest BCUT2D eigenvalue weighted by molar-refractivity contribution is -0.130. The van der Waals surface area contributed by atoms with Crippen LogP contribution in [0.5, 0.6) is 0 Å². The fraction of sp³-hybridized carbons (Fsp3) is 0.583. The van der Waals surface area contributed by atoms with Crippen LogP contribution in [0.25, 0.3) is 0 Å². The fourth-order valence-corrected chi connectivity index (χ4v) is 2.45. The van der Waals surface area contributed by atoms with E-state index in [0.29, 0.717) is 17.0 Å². The van der Waals surface area contributed by atoms with E-state index in [0.717, 1.165) is 25.9 Å². The van der Waals surface area contributed by atoms with Crippen molar-refractivity contribution >= 4 is 27.7 Å². The molecule has 104 valence electrons. The summed E-state index contributed by atoms with van der Waals surface area (Å²) in [5.74, 6) is 0.412. The first-order chi connectivity index (χ1) is 9.16. The summed E-state index contributed by atoms with van der Waals surface area (Å²) in [5, 5.41) is 6.08. The van der Waals surface area contributed by atoms with E-state index in [-0.39, 0.29) is 5.91 Å². The summed E-state index contributed by atoms with van der Waals surface area (Å²) in [6.07, 6.45) is 4.61. The minimum absolute atomic E-state index is 0.0486. The number of nitrogens with one attached hydrogen (secondary N) is 2. The van der Waals surface area contributed by atoms with Crippen LogP contribution >= 0.6 is 15.9 Å². The highest BCUT2D eigenvalue weighted by Gasteiger charge is 2.39. The molecule has 1 aliphatic rings. The standard InChI is InChI=1S/C12H17BrN4O2/c1-19-8-12(2-4-14-5-3-12)11(18)17-10-7-15-9(13)6-16-10/h6-7,14H,2-5,8H2,1H3,(H,16,17,18). The molecule has 2 rings (SSSR count). The number of amides is 1. The first-order valence-electron chi connectivity index (χ1n) is 6.15. The summed E-state index contributed by atoms with van der Waals surface area (Å²) >= 11 is 3.21. The zero-order valence-corrected chi connectivity index (χ0v) is 12.4. The lowest BCUT2D eigenvalue weighted by Gasteiger charge is -2.35. The van der Waals surface area contributed by atoms with Crippen molar-refractivity contribution in [1.82, 2.24) is 15.3 Å². The van der Waals surface area contributed by atoms with Gasteiger partial charge in [-0.1, -0.05) is 0 Å². The summed E-state index contributed by atoms with van der Waals surface area (Å²) in [5.41, 5.74) is -0.477. The highest BCUT2D eigenvalue weighted by Crippen LogP contribution is 2.30. The minimum Gasteiger partial charge on any atom is -0.384 e. The molecule has 0 spiro atoms. The van der Waals surface area contributed by atoms with E-state index in [4.69, 9.17) is 4.74 Å². The van der Waals surface area contributed by atoms with Gasteiger partial charge in [-0.15, -0.1) is 0 Å². The van der Waals surface area contributed by atoms with Crippen molar-refractivity contribution in [3.8, 4) is 0 Å². The second-order valence-electron chi connectivity index (χ2n) is 4.64. The molecule has 1 amide bonds. The summed E-state index contributed by atoms with van der Waals surface area (Å²) in [7, 11) is 1.62. The molecule has 7 heteroatoms. The van der Waals surface area contributed by atoms with Gasteiger partial charge in [0.15, 0.2) is 5.82 Å². The third-order valence-corrected chi connectivity index (χ3v) is 3.73. The topological polar surface area (TPSA) is 76.1 Å². The highest BCUT2D eigenvalue weighted by molar-refractivity contribution is 9.10. The van der Waals surface area contributed by atoms with E-state index < -0.39 is 5.41 Å². The number of piperidine rings is 1. The summed E-state index contributed by atoms with van der Waals surface area (Å²) in [6.45, 7) is 2.07. The quantitative estimate of drug-likeness (QED) is 0.868. The molecule has 1 aromatic rings. The van der Waals surface area contributed by atoms with Crippen LogP contribution in [0.4, 0.5) is 5.82 Å². The number of ether oxygens (including phenoxy) is 1. The van der Waals surface area contributed by atoms with Crippen molar-refractivity contribution in [3.05, 3.63) is 17.0 Å². The number of carbonyl (C=O) groups is 1. The smallest absolute Gasteiger partial charge is 0.234 e. The predicted octanol–water partition coefficient (Wildman–Crippen LogP) is 1.19. The van der Waals surface area contributed by atoms with Gasteiger partial charge in [-0.2, -0.15) is 0 Å². The van der Waals surface area contributed by atoms with E-state index in [9.17, 15) is 4.79 Å². The molecule has 19 heavy (non-hydrogen) atoms. The monoisotopic (exact) mass is 328 g/mol. The maximum absolute atomic E-state index is 12.5. The van der Waals surface area contributed by atoms with Crippen molar-refractivity contribution in [2.45, 2.75) is 12.8 Å². The Kier molecular flexibility index (Phi) is 4.84. The Bertz CT molecular complexity index is 426. The molecule has 0 aromatic carbocycles. The number of nitrogens with zero attached hydrogens (tertiary/aromatic N) is 2. The zero-order valence-electron chi connectivity index (χ0n) is 10.8. The number of methoxy groups -OCH3 is 1. The van der Waals surface area contributed by atoms with Gasteiger partial charge in [-0.25, -0.2) is 9.97 Å². The van der Waals surface area contributed by atoms with E-state index in [1.54, 1.807) is 13.3 Å². The highest BCUT2D eigenvalue weighted by atomic mass is 79.9. The van der Waals surface area contributed by atoms with Crippen molar-refractivity contribution in [2.75, 3.05) is 32.1 Å². The lowest BCUT2D eigenvalue weighted by atomic mass is 9.78. The van der Waals surface area contributed by atoms with E-state index in [1.165, 1.54) is 6.20 Å². The maximum atomic E-state index is 12.5. The maximum Gasteiger partial charge on any atom is 0.234 e. The Hall–Kier alpha value is -1.05. The third kappa shape index (κ3) is 3.49. The van der Waals surface area contributed by atoms with Gasteiger partial charge in [-0.05, 0) is 41.9 Å². The molecule has 0 bridgehead atoms. The Morgan fingerprint density at radius 2 is 2.21 bits per heavy atom. The number of anilines is 1. The van der Waals surface area contributed by atoms with Crippen LogP contribution in [0.3, 0.4) is 0 Å². The molecule has 1 fully saturated rings. The van der Waals surface area contributed by atoms with Gasteiger partial charge in [-0.3, -0.25) is 4.79 Å². The first kappa shape index (κ1) is 14.4. The Morgan fingerprint density at radius 1 is 1.47 bits per heavy atom. The molecular formula is C12H17BrN4O2. The molecule has 0 saturated carbocycles. The summed E-state index contributed by atoms with van der Waals surface area (Å²) in [6, 6.07) is 0. The predicted molar refractivity (Wildman–Crippen MR) is 74.8 cm³/mol. The first-order valence-corrected chi connectivity index (χ1v) is 6.94. The molecule has 2 heterocycles. The van der Waals surface area contributed by atoms with E-state index in [2.05, 4.69) is 36.5 Å². The number of hydrogen-bond donors (Lipinski definition) is 2. The van der Waals surface area contributed by atoms with Gasteiger partial charge in [0.25, 0.3) is 0 Å². The van der Waals surface area contributed by atoms with Crippen molar-refractivity contribution in [2.24, 2.45) is 5.41 Å². The van der Waals surface area contributed by atoms with Crippen molar-refractivity contribution in [3.63, 3.8) is 0 Å². The Balaban J connectivity index is 2.09. The van der Waals surface area contributed by atoms with Gasteiger partial charge in [0.2, 0.25) is 5.91 Å². The molecule has 1 aromatic heterocycles. The fourth-order valence-electron chi connectivity index (χ4n) is 2.24. The molecule has 0 unspecified atom stereocenters. The Labute approximate surface area is 120 Å². The number of hydrogen-bond acceptors (Lipinski definition) is 5. The number of rotatable bonds is 4. The van der Waals surface area contributed by atoms with Gasteiger partial charge in [0, 0.05) is 7.11 Å². The van der Waals surface area contributed by atoms with Crippen LogP contribution in [-0.4, -0.2) is 42.7 Å². The Morgan fingerprint density at radius 3 is 2.79 bits per heavy atom. The van der Waals surface area contributed by atoms with Crippen LogP contribution in [-0.2, 0) is 9.53 Å². The van der Waals surface area contributed by atoms with Gasteiger partial charge >= 0.3 is 0 Å². The number of halogens is 1. The average Bonchev–Trinajstić information content (AvgIpc) is 2.43. The number of aromatic nitrogens is 2. The SMILES string of the molecule is COCC1(C(=O)Nc2cnc(Br)cn2)CCNCC1. The van der Waals surface area contributed by atoms with E-state index >= 15 is 0 Å². The second kappa shape index (κ2) is 6.40. The zero-order chi connectivity index (χ0) is 13.7. The van der Waals surface area contributed by atoms with Crippen LogP contribution < -0.4 is 10.6 Å². The molecule has 0 radical (unpaired) electrons. The van der Waals surface area contributed by atoms with E-state index in [1.807, 2.05) is 0 Å². The van der Waals surface area contributed by atoms with Crippen LogP contribution in [0, 0.1) is 5.41 Å². The van der Waals surface area contributed by atoms with Crippen LogP contribution in [0.2, 0.25) is 0 Å². The molecule has 1 aliphatic heterocycles. The number of carbonyl (C=O) groups excluding carboxylic acids is 1. The third-order valence-electron chi connectivity index (χ3n) is 3.32. The largest absolute Gasteiger partial charge is 0.384 e. The van der Waals surface area contributed by atoms with Crippen LogP contribution in [0.15, 0.2) is 17.0 Å². The van der Waals surface area contributed by atoms with Gasteiger partial charge < -0.3 is 15.4 Å². The molecular weight excluding hydrogens is 312 g/mol. The van der Waals surface area contributed by atoms with Crippen LogP contribution in [0.1, 0.15) is 12.8 Å². The van der Waals surface area contributed by atoms with Crippen molar-refractivity contribution in [1.29, 1.82) is 0 Å². The molecule has 1 saturated heterocycles. The van der Waals surface area contributed by atoms with Crippen molar-refractivity contribution < 1.29 is 9.53 Å². The molecule has 6 nitrogen and oxygen atoms in total. The lowest BCUT2D eigenvalue weighted by Crippen LogP contribution is -2.47. The molecule has 2 N–H and O–H groups in total. The minimum atomic E-state index is -0.477. The summed E-state index contributed by atoms with van der Waals surface area (Å²) in [4.78, 5) is 20.6. The molecule has 0 atom stereocenters. The van der Waals surface area contributed by atoms with Gasteiger partial charge in [0.05, 0.1) is 24.4 Å². The average molecular weight is 329 g/mol. The second-order valence-corrected chi connectivity index (χ2v) is 5.45. The normalized spacial score (nSPS) is 18.0. The summed E-state index contributed by atoms with van der Waals surface area (Å²) < 4.78 is 5.87. The molecule has 0 aliphatic carbocycles.